The Labute approximate surface area is 99.9 Å². The van der Waals surface area contributed by atoms with Crippen LogP contribution in [0.15, 0.2) is 30.5 Å². The predicted octanol–water partition coefficient (Wildman–Crippen LogP) is 1.59. The maximum absolute atomic E-state index is 9.66. The van der Waals surface area contributed by atoms with Gasteiger partial charge in [-0.3, -0.25) is 0 Å². The quantitative estimate of drug-likeness (QED) is 0.806. The highest BCUT2D eigenvalue weighted by Crippen LogP contribution is 2.18. The molecule has 17 heavy (non-hydrogen) atoms. The van der Waals surface area contributed by atoms with E-state index >= 15 is 0 Å². The van der Waals surface area contributed by atoms with Crippen molar-refractivity contribution in [2.75, 3.05) is 18.0 Å². The number of para-hydroxylation sites is 1. The van der Waals surface area contributed by atoms with Crippen LogP contribution >= 0.6 is 0 Å². The smallest absolute Gasteiger partial charge is 0.225 e. The van der Waals surface area contributed by atoms with Crippen molar-refractivity contribution in [3.05, 3.63) is 30.5 Å². The Bertz CT molecular complexity index is 529. The van der Waals surface area contributed by atoms with Gasteiger partial charge in [-0.15, -0.1) is 0 Å². The second kappa shape index (κ2) is 4.30. The summed E-state index contributed by atoms with van der Waals surface area (Å²) in [4.78, 5) is 11.0. The number of aliphatic hydroxyl groups is 1. The van der Waals surface area contributed by atoms with Crippen molar-refractivity contribution in [2.45, 2.75) is 18.9 Å². The zero-order chi connectivity index (χ0) is 11.7. The van der Waals surface area contributed by atoms with Gasteiger partial charge in [0.2, 0.25) is 5.95 Å². The highest BCUT2D eigenvalue weighted by molar-refractivity contribution is 5.78. The van der Waals surface area contributed by atoms with E-state index in [4.69, 9.17) is 0 Å². The molecule has 1 fully saturated rings. The summed E-state index contributed by atoms with van der Waals surface area (Å²) in [7, 11) is 0. The topological polar surface area (TPSA) is 49.2 Å². The second-order valence-electron chi connectivity index (χ2n) is 4.47. The minimum absolute atomic E-state index is 0.251. The number of anilines is 1. The number of aromatic nitrogens is 2. The number of hydrogen-bond acceptors (Lipinski definition) is 4. The van der Waals surface area contributed by atoms with Gasteiger partial charge in [-0.1, -0.05) is 18.2 Å². The van der Waals surface area contributed by atoms with Crippen molar-refractivity contribution >= 4 is 16.9 Å². The van der Waals surface area contributed by atoms with Crippen LogP contribution in [0.25, 0.3) is 10.9 Å². The summed E-state index contributed by atoms with van der Waals surface area (Å²) in [6.07, 6.45) is 3.47. The van der Waals surface area contributed by atoms with E-state index < -0.39 is 0 Å². The van der Waals surface area contributed by atoms with E-state index in [1.807, 2.05) is 30.5 Å². The molecule has 3 rings (SSSR count). The standard InChI is InChI=1S/C13H15N3O/c17-11-5-3-7-16(9-11)13-14-8-10-4-1-2-6-12(10)15-13/h1-2,4,6,8,11,17H,3,5,7,9H2. The van der Waals surface area contributed by atoms with Crippen LogP contribution in [0.3, 0.4) is 0 Å². The number of benzene rings is 1. The van der Waals surface area contributed by atoms with Crippen LogP contribution in [0.4, 0.5) is 5.95 Å². The van der Waals surface area contributed by atoms with Gasteiger partial charge in [0, 0.05) is 24.7 Å². The molecule has 1 unspecified atom stereocenters. The van der Waals surface area contributed by atoms with E-state index in [-0.39, 0.29) is 6.10 Å². The molecule has 2 heterocycles. The van der Waals surface area contributed by atoms with Gasteiger partial charge in [-0.05, 0) is 18.9 Å². The van der Waals surface area contributed by atoms with Crippen LogP contribution in [0.1, 0.15) is 12.8 Å². The molecule has 0 aliphatic carbocycles. The molecule has 1 N–H and O–H groups in total. The summed E-state index contributed by atoms with van der Waals surface area (Å²) >= 11 is 0. The Morgan fingerprint density at radius 1 is 1.29 bits per heavy atom. The molecule has 1 saturated heterocycles. The Morgan fingerprint density at radius 3 is 3.06 bits per heavy atom. The lowest BCUT2D eigenvalue weighted by Crippen LogP contribution is -2.39. The van der Waals surface area contributed by atoms with Gasteiger partial charge in [0.05, 0.1) is 11.6 Å². The van der Waals surface area contributed by atoms with Crippen LogP contribution in [0.5, 0.6) is 0 Å². The molecule has 0 radical (unpaired) electrons. The Morgan fingerprint density at radius 2 is 2.18 bits per heavy atom. The third kappa shape index (κ3) is 2.08. The first-order chi connectivity index (χ1) is 8.33. The summed E-state index contributed by atoms with van der Waals surface area (Å²) in [6.45, 7) is 1.56. The molecule has 0 amide bonds. The number of hydrogen-bond donors (Lipinski definition) is 1. The highest BCUT2D eigenvalue weighted by atomic mass is 16.3. The summed E-state index contributed by atoms with van der Waals surface area (Å²) in [6, 6.07) is 7.95. The van der Waals surface area contributed by atoms with Crippen LogP contribution in [0.2, 0.25) is 0 Å². The average Bonchev–Trinajstić information content (AvgIpc) is 2.38. The zero-order valence-corrected chi connectivity index (χ0v) is 9.58. The van der Waals surface area contributed by atoms with E-state index in [1.54, 1.807) is 0 Å². The number of rotatable bonds is 1. The van der Waals surface area contributed by atoms with Crippen molar-refractivity contribution in [3.63, 3.8) is 0 Å². The van der Waals surface area contributed by atoms with Gasteiger partial charge >= 0.3 is 0 Å². The first kappa shape index (κ1) is 10.5. The summed E-state index contributed by atoms with van der Waals surface area (Å²) in [5, 5.41) is 10.7. The van der Waals surface area contributed by atoms with Gasteiger partial charge in [-0.2, -0.15) is 0 Å². The molecule has 1 aromatic carbocycles. The molecule has 1 atom stereocenters. The van der Waals surface area contributed by atoms with Crippen LogP contribution in [0, 0.1) is 0 Å². The molecule has 0 bridgehead atoms. The molecule has 1 aliphatic rings. The fourth-order valence-electron chi connectivity index (χ4n) is 2.25. The first-order valence-electron chi connectivity index (χ1n) is 5.98. The summed E-state index contributed by atoms with van der Waals surface area (Å²) in [5.74, 6) is 0.724. The van der Waals surface area contributed by atoms with Gasteiger partial charge in [0.1, 0.15) is 0 Å². The van der Waals surface area contributed by atoms with Crippen molar-refractivity contribution < 1.29 is 5.11 Å². The monoisotopic (exact) mass is 229 g/mol. The lowest BCUT2D eigenvalue weighted by atomic mass is 10.1. The lowest BCUT2D eigenvalue weighted by molar-refractivity contribution is 0.153. The van der Waals surface area contributed by atoms with Gasteiger partial charge in [0.15, 0.2) is 0 Å². The molecule has 0 spiro atoms. The Kier molecular flexibility index (Phi) is 2.65. The largest absolute Gasteiger partial charge is 0.391 e. The molecular formula is C13H15N3O. The Hall–Kier alpha value is -1.68. The minimum atomic E-state index is -0.251. The van der Waals surface area contributed by atoms with E-state index in [2.05, 4.69) is 14.9 Å². The first-order valence-corrected chi connectivity index (χ1v) is 5.98. The molecule has 2 aromatic rings. The molecule has 0 saturated carbocycles. The summed E-state index contributed by atoms with van der Waals surface area (Å²) < 4.78 is 0. The third-order valence-electron chi connectivity index (χ3n) is 3.16. The number of β-amino-alcohol motifs (C(OH)–C–C–N with tert-alkyl or cyclic N) is 1. The van der Waals surface area contributed by atoms with E-state index in [9.17, 15) is 5.11 Å². The van der Waals surface area contributed by atoms with E-state index in [0.29, 0.717) is 6.54 Å². The van der Waals surface area contributed by atoms with E-state index in [1.165, 1.54) is 0 Å². The highest BCUT2D eigenvalue weighted by Gasteiger charge is 2.19. The summed E-state index contributed by atoms with van der Waals surface area (Å²) in [5.41, 5.74) is 0.956. The van der Waals surface area contributed by atoms with Crippen LogP contribution in [-0.2, 0) is 0 Å². The SMILES string of the molecule is OC1CCCN(c2ncc3ccccc3n2)C1. The average molecular weight is 229 g/mol. The minimum Gasteiger partial charge on any atom is -0.391 e. The zero-order valence-electron chi connectivity index (χ0n) is 9.58. The van der Waals surface area contributed by atoms with Gasteiger partial charge in [0.25, 0.3) is 0 Å². The number of aliphatic hydroxyl groups excluding tert-OH is 1. The van der Waals surface area contributed by atoms with Crippen molar-refractivity contribution in [1.82, 2.24) is 9.97 Å². The lowest BCUT2D eigenvalue weighted by Gasteiger charge is -2.30. The number of fused-ring (bicyclic) bond motifs is 1. The second-order valence-corrected chi connectivity index (χ2v) is 4.47. The van der Waals surface area contributed by atoms with E-state index in [0.717, 1.165) is 36.2 Å². The molecule has 1 aromatic heterocycles. The maximum atomic E-state index is 9.66. The Balaban J connectivity index is 1.94. The molecular weight excluding hydrogens is 214 g/mol. The predicted molar refractivity (Wildman–Crippen MR) is 67.0 cm³/mol. The third-order valence-corrected chi connectivity index (χ3v) is 3.16. The number of nitrogens with zero attached hydrogens (tertiary/aromatic N) is 3. The molecule has 4 heteroatoms. The maximum Gasteiger partial charge on any atom is 0.225 e. The van der Waals surface area contributed by atoms with Crippen LogP contribution < -0.4 is 4.90 Å². The van der Waals surface area contributed by atoms with Crippen molar-refractivity contribution in [1.29, 1.82) is 0 Å². The molecule has 4 nitrogen and oxygen atoms in total. The van der Waals surface area contributed by atoms with Crippen LogP contribution in [-0.4, -0.2) is 34.3 Å². The molecule has 1 aliphatic heterocycles. The fourth-order valence-corrected chi connectivity index (χ4v) is 2.25. The fraction of sp³-hybridized carbons (Fsp3) is 0.385. The van der Waals surface area contributed by atoms with Crippen molar-refractivity contribution in [2.24, 2.45) is 0 Å². The van der Waals surface area contributed by atoms with Crippen molar-refractivity contribution in [3.8, 4) is 0 Å². The normalized spacial score (nSPS) is 20.8. The molecule has 88 valence electrons. The van der Waals surface area contributed by atoms with Gasteiger partial charge < -0.3 is 10.0 Å². The number of piperidine rings is 1. The van der Waals surface area contributed by atoms with Gasteiger partial charge in [-0.25, -0.2) is 9.97 Å².